The Morgan fingerprint density at radius 1 is 0.517 bits per heavy atom. The first-order valence-corrected chi connectivity index (χ1v) is 31.6. The first-order chi connectivity index (χ1) is 41.6. The molecule has 0 radical (unpaired) electrons. The zero-order valence-corrected chi connectivity index (χ0v) is 51.8. The van der Waals surface area contributed by atoms with Crippen LogP contribution in [0.4, 0.5) is 0 Å². The minimum atomic E-state index is -1.96. The van der Waals surface area contributed by atoms with Gasteiger partial charge in [-0.15, -0.1) is 0 Å². The molecule has 516 valence electrons. The lowest BCUT2D eigenvalue weighted by Gasteiger charge is -2.67. The van der Waals surface area contributed by atoms with Crippen molar-refractivity contribution < 1.29 is 144 Å². The molecular formula is C60H102O29. The van der Waals surface area contributed by atoms with E-state index in [4.69, 9.17) is 47.4 Å². The Hall–Kier alpha value is -1.42. The first kappa shape index (κ1) is 71.9. The van der Waals surface area contributed by atoms with Crippen LogP contribution in [0.5, 0.6) is 0 Å². The van der Waals surface area contributed by atoms with Gasteiger partial charge in [-0.3, -0.25) is 0 Å². The minimum Gasteiger partial charge on any atom is -0.394 e. The number of hydrogen-bond acceptors (Lipinski definition) is 29. The summed E-state index contributed by atoms with van der Waals surface area (Å²) in [6, 6.07) is 0. The van der Waals surface area contributed by atoms with E-state index in [1.807, 2.05) is 13.8 Å². The van der Waals surface area contributed by atoms with Crippen LogP contribution in [0.15, 0.2) is 11.6 Å². The zero-order chi connectivity index (χ0) is 65.5. The maximum absolute atomic E-state index is 12.8. The quantitative estimate of drug-likeness (QED) is 0.0506. The summed E-state index contributed by atoms with van der Waals surface area (Å²) < 4.78 is 59.3. The van der Waals surface area contributed by atoms with Crippen molar-refractivity contribution in [2.45, 2.75) is 284 Å². The smallest absolute Gasteiger partial charge is 0.187 e. The molecule has 9 rings (SSSR count). The summed E-state index contributed by atoms with van der Waals surface area (Å²) in [7, 11) is 0. The maximum atomic E-state index is 12.8. The van der Waals surface area contributed by atoms with Crippen LogP contribution in [0, 0.1) is 45.3 Å². The van der Waals surface area contributed by atoms with Gasteiger partial charge in [0.15, 0.2) is 31.5 Å². The van der Waals surface area contributed by atoms with Gasteiger partial charge in [0, 0.05) is 10.8 Å². The normalized spacial score (nSPS) is 51.8. The molecule has 0 amide bonds. The highest BCUT2D eigenvalue weighted by Gasteiger charge is 2.70. The molecule has 19 N–H and O–H groups in total. The predicted molar refractivity (Wildman–Crippen MR) is 300 cm³/mol. The Balaban J connectivity index is 0.883. The number of hydrogen-bond donors (Lipinski definition) is 19. The highest BCUT2D eigenvalue weighted by Crippen LogP contribution is 2.75. The summed E-state index contributed by atoms with van der Waals surface area (Å²) in [6.45, 7) is 12.6. The van der Waals surface area contributed by atoms with E-state index >= 15 is 0 Å². The molecule has 0 aromatic rings. The number of rotatable bonds is 20. The van der Waals surface area contributed by atoms with Crippen molar-refractivity contribution in [1.82, 2.24) is 0 Å². The summed E-state index contributed by atoms with van der Waals surface area (Å²) in [5, 5.41) is 205. The Morgan fingerprint density at radius 2 is 0.955 bits per heavy atom. The van der Waals surface area contributed by atoms with E-state index < -0.39 is 227 Å². The van der Waals surface area contributed by atoms with E-state index in [1.165, 1.54) is 13.8 Å². The van der Waals surface area contributed by atoms with Crippen LogP contribution in [0.25, 0.3) is 0 Å². The van der Waals surface area contributed by atoms with E-state index in [-0.39, 0.29) is 35.5 Å². The molecular weight excluding hydrogens is 1180 g/mol. The second-order valence-corrected chi connectivity index (χ2v) is 28.7. The van der Waals surface area contributed by atoms with E-state index in [9.17, 15) is 97.0 Å². The molecule has 0 bridgehead atoms. The van der Waals surface area contributed by atoms with E-state index in [1.54, 1.807) is 0 Å². The minimum absolute atomic E-state index is 0.0310. The van der Waals surface area contributed by atoms with Crippen LogP contribution >= 0.6 is 0 Å². The van der Waals surface area contributed by atoms with Crippen molar-refractivity contribution in [3.8, 4) is 0 Å². The fraction of sp³-hybridized carbons (Fsp3) is 0.967. The van der Waals surface area contributed by atoms with Gasteiger partial charge in [0.05, 0.1) is 56.9 Å². The second-order valence-electron chi connectivity index (χ2n) is 28.7. The van der Waals surface area contributed by atoms with Crippen molar-refractivity contribution in [3.63, 3.8) is 0 Å². The van der Waals surface area contributed by atoms with Crippen molar-refractivity contribution in [2.24, 2.45) is 45.3 Å². The molecule has 4 aliphatic carbocycles. The third kappa shape index (κ3) is 13.1. The van der Waals surface area contributed by atoms with Crippen molar-refractivity contribution >= 4 is 0 Å². The third-order valence-electron chi connectivity index (χ3n) is 22.9. The molecule has 0 aromatic carbocycles. The molecule has 0 spiro atoms. The molecule has 35 atom stereocenters. The zero-order valence-electron chi connectivity index (χ0n) is 51.8. The van der Waals surface area contributed by atoms with Gasteiger partial charge < -0.3 is 144 Å². The van der Waals surface area contributed by atoms with Crippen molar-refractivity contribution in [3.05, 3.63) is 11.6 Å². The van der Waals surface area contributed by atoms with Crippen molar-refractivity contribution in [1.29, 1.82) is 0 Å². The number of aliphatic hydroxyl groups excluding tert-OH is 18. The molecule has 8 fully saturated rings. The molecule has 29 nitrogen and oxygen atoms in total. The van der Waals surface area contributed by atoms with Crippen LogP contribution in [0.1, 0.15) is 107 Å². The lowest BCUT2D eigenvalue weighted by Crippen LogP contribution is -2.65. The standard InChI is InChI=1S/C60H102O29/c1-23(9-13-35(57(4,5)79)88-55-50(89-54-49(78)43(72)38(67)29(20-63)84-54)45(74)40(69)31(86-55)22-81-52-47(76)42(71)37(66)28(19-62)83-52)24-15-16-58(6)32-12-10-25-26(60(32,8)33(64)17-59(24,58)7)11-14-34(56(25,2)3)87-53-48(77)44(73)39(68)30(85-53)21-80-51-46(75)41(70)36(65)27(18-61)82-51/h10,23-24,26-55,61-79H,9,11-22H2,1-8H3/t23-,24-,26-,27?,28?,29?,30?,31?,32+,33-,34+,35-,36?,37?,38?,39?,40?,41?,42?,43?,44?,45?,46?,47?,48?,49?,50?,51?,52?,53?,54?,55?,58+,59-,60+/m1/s1. The number of ether oxygens (including phenoxy) is 10. The van der Waals surface area contributed by atoms with Crippen LogP contribution in [-0.4, -0.2) is 308 Å². The number of allylic oxidation sites excluding steroid dienone is 1. The Labute approximate surface area is 517 Å². The molecule has 0 aromatic heterocycles. The Kier molecular flexibility index (Phi) is 22.3. The molecule has 29 heteroatoms. The monoisotopic (exact) mass is 1290 g/mol. The summed E-state index contributed by atoms with van der Waals surface area (Å²) in [5.41, 5.74) is -2.49. The lowest BCUT2D eigenvalue weighted by atomic mass is 9.38. The molecule has 9 aliphatic rings. The summed E-state index contributed by atoms with van der Waals surface area (Å²) >= 11 is 0. The number of aliphatic hydroxyl groups is 19. The van der Waals surface area contributed by atoms with E-state index in [2.05, 4.69) is 33.8 Å². The summed E-state index contributed by atoms with van der Waals surface area (Å²) in [5.74, 6) is -0.0172. The van der Waals surface area contributed by atoms with Crippen LogP contribution < -0.4 is 0 Å². The van der Waals surface area contributed by atoms with Gasteiger partial charge in [0.25, 0.3) is 0 Å². The number of fused-ring (bicyclic) bond motifs is 5. The van der Waals surface area contributed by atoms with E-state index in [0.29, 0.717) is 32.1 Å². The lowest BCUT2D eigenvalue weighted by molar-refractivity contribution is -0.380. The molecule has 3 saturated carbocycles. The van der Waals surface area contributed by atoms with Crippen molar-refractivity contribution in [2.75, 3.05) is 33.0 Å². The summed E-state index contributed by atoms with van der Waals surface area (Å²) in [4.78, 5) is 0. The van der Waals surface area contributed by atoms with Gasteiger partial charge in [0.1, 0.15) is 122 Å². The average molecular weight is 1290 g/mol. The third-order valence-corrected chi connectivity index (χ3v) is 22.9. The maximum Gasteiger partial charge on any atom is 0.187 e. The van der Waals surface area contributed by atoms with Crippen LogP contribution in [-0.2, 0) is 47.4 Å². The molecule has 89 heavy (non-hydrogen) atoms. The fourth-order valence-corrected chi connectivity index (χ4v) is 17.0. The molecule has 5 saturated heterocycles. The highest BCUT2D eigenvalue weighted by atomic mass is 16.8. The molecule has 25 unspecified atom stereocenters. The second kappa shape index (κ2) is 27.6. The van der Waals surface area contributed by atoms with Gasteiger partial charge in [-0.1, -0.05) is 53.2 Å². The van der Waals surface area contributed by atoms with Gasteiger partial charge in [0.2, 0.25) is 0 Å². The predicted octanol–water partition coefficient (Wildman–Crippen LogP) is -5.41. The SMILES string of the molecule is C[C@H](CC[C@@H](OC1OC(COC2OC(CO)C(O)C(O)C2O)C(O)C(O)C1OC1OC(CO)C(O)C(O)C1O)C(C)(C)O)[C@H]1CC[C@@]2(C)[C@@H]3CC=C4[C@@H](CC[C@H](OC5OC(COC6OC(CO)C(O)C(O)C6O)C(O)C(O)C5O)C4(C)C)[C@]3(C)[C@H](O)C[C@]12C. The largest absolute Gasteiger partial charge is 0.394 e. The average Bonchev–Trinajstić information content (AvgIpc) is 1.66. The van der Waals surface area contributed by atoms with Crippen LogP contribution in [0.2, 0.25) is 0 Å². The van der Waals surface area contributed by atoms with Gasteiger partial charge >= 0.3 is 0 Å². The molecule has 5 heterocycles. The van der Waals surface area contributed by atoms with Gasteiger partial charge in [-0.05, 0) is 99.7 Å². The van der Waals surface area contributed by atoms with Crippen LogP contribution in [0.3, 0.4) is 0 Å². The van der Waals surface area contributed by atoms with Gasteiger partial charge in [-0.2, -0.15) is 0 Å². The van der Waals surface area contributed by atoms with Gasteiger partial charge in [-0.25, -0.2) is 0 Å². The summed E-state index contributed by atoms with van der Waals surface area (Å²) in [6.07, 6.45) is -37.4. The topological polar surface area (TPSA) is 477 Å². The highest BCUT2D eigenvalue weighted by molar-refractivity contribution is 5.32. The first-order valence-electron chi connectivity index (χ1n) is 31.6. The molecule has 5 aliphatic heterocycles. The Bertz CT molecular complexity index is 2340. The fourth-order valence-electron chi connectivity index (χ4n) is 17.0. The Morgan fingerprint density at radius 3 is 1.45 bits per heavy atom. The van der Waals surface area contributed by atoms with E-state index in [0.717, 1.165) is 18.4 Å².